The topological polar surface area (TPSA) is 81.8 Å². The second-order valence-corrected chi connectivity index (χ2v) is 4.51. The van der Waals surface area contributed by atoms with Crippen molar-refractivity contribution in [1.29, 1.82) is 0 Å². The Morgan fingerprint density at radius 1 is 1.35 bits per heavy atom. The van der Waals surface area contributed by atoms with Crippen LogP contribution in [0.25, 0.3) is 0 Å². The molecule has 0 amide bonds. The Hall–Kier alpha value is -1.46. The van der Waals surface area contributed by atoms with Crippen molar-refractivity contribution in [2.24, 2.45) is 5.73 Å². The number of hydrogen-bond acceptors (Lipinski definition) is 4. The number of rotatable bonds is 7. The van der Waals surface area contributed by atoms with E-state index in [-0.39, 0.29) is 24.9 Å². The van der Waals surface area contributed by atoms with Gasteiger partial charge in [-0.2, -0.15) is 0 Å². The number of carbonyl (C=O) groups is 1. The van der Waals surface area contributed by atoms with Gasteiger partial charge >= 0.3 is 5.97 Å². The van der Waals surface area contributed by atoms with Gasteiger partial charge in [-0.15, -0.1) is 12.4 Å². The van der Waals surface area contributed by atoms with Gasteiger partial charge in [-0.25, -0.2) is 0 Å². The highest BCUT2D eigenvalue weighted by molar-refractivity contribution is 5.85. The molecule has 0 saturated heterocycles. The summed E-state index contributed by atoms with van der Waals surface area (Å²) >= 11 is 0. The first-order chi connectivity index (χ1) is 8.93. The number of benzene rings is 1. The molecular formula is C14H22ClNO4. The first-order valence-electron chi connectivity index (χ1n) is 6.34. The van der Waals surface area contributed by atoms with Crippen molar-refractivity contribution in [2.75, 3.05) is 6.61 Å². The number of nitrogens with two attached hydrogens (primary N) is 1. The summed E-state index contributed by atoms with van der Waals surface area (Å²) in [6, 6.07) is 4.73. The zero-order chi connectivity index (χ0) is 14.4. The summed E-state index contributed by atoms with van der Waals surface area (Å²) in [4.78, 5) is 10.7. The van der Waals surface area contributed by atoms with E-state index in [0.29, 0.717) is 18.1 Å². The van der Waals surface area contributed by atoms with Gasteiger partial charge in [-0.05, 0) is 38.5 Å². The van der Waals surface area contributed by atoms with Gasteiger partial charge in [0, 0.05) is 6.04 Å². The maximum Gasteiger partial charge on any atom is 0.305 e. The molecule has 20 heavy (non-hydrogen) atoms. The summed E-state index contributed by atoms with van der Waals surface area (Å²) in [5.74, 6) is 0.311. The van der Waals surface area contributed by atoms with Crippen LogP contribution in [-0.2, 0) is 4.79 Å². The largest absolute Gasteiger partial charge is 0.490 e. The van der Waals surface area contributed by atoms with Crippen molar-refractivity contribution >= 4 is 18.4 Å². The number of carboxylic acids is 1. The number of aliphatic carboxylic acids is 1. The zero-order valence-corrected chi connectivity index (χ0v) is 12.8. The minimum Gasteiger partial charge on any atom is -0.490 e. The lowest BCUT2D eigenvalue weighted by Gasteiger charge is -2.17. The molecule has 0 aliphatic rings. The minimum absolute atomic E-state index is 0. The second kappa shape index (κ2) is 8.66. The molecule has 6 heteroatoms. The van der Waals surface area contributed by atoms with Crippen LogP contribution < -0.4 is 15.2 Å². The highest BCUT2D eigenvalue weighted by Crippen LogP contribution is 2.31. The Morgan fingerprint density at radius 2 is 2.00 bits per heavy atom. The van der Waals surface area contributed by atoms with Crippen LogP contribution in [0.3, 0.4) is 0 Å². The van der Waals surface area contributed by atoms with Gasteiger partial charge < -0.3 is 20.3 Å². The molecule has 1 aromatic carbocycles. The quantitative estimate of drug-likeness (QED) is 0.809. The van der Waals surface area contributed by atoms with Crippen molar-refractivity contribution in [3.63, 3.8) is 0 Å². The molecule has 0 heterocycles. The SMILES string of the molecule is CCOc1cc(C(N)CC(=O)O)ccc1OC(C)C.Cl. The van der Waals surface area contributed by atoms with E-state index >= 15 is 0 Å². The first kappa shape index (κ1) is 18.5. The fourth-order valence-corrected chi connectivity index (χ4v) is 1.68. The summed E-state index contributed by atoms with van der Waals surface area (Å²) in [6.45, 7) is 6.24. The molecule has 1 aromatic rings. The third kappa shape index (κ3) is 5.67. The smallest absolute Gasteiger partial charge is 0.305 e. The predicted octanol–water partition coefficient (Wildman–Crippen LogP) is 2.77. The van der Waals surface area contributed by atoms with Gasteiger partial charge in [0.25, 0.3) is 0 Å². The minimum atomic E-state index is -0.923. The van der Waals surface area contributed by atoms with Crippen molar-refractivity contribution in [3.8, 4) is 11.5 Å². The molecular weight excluding hydrogens is 282 g/mol. The van der Waals surface area contributed by atoms with E-state index in [4.69, 9.17) is 20.3 Å². The van der Waals surface area contributed by atoms with Crippen LogP contribution in [0.2, 0.25) is 0 Å². The molecule has 0 saturated carbocycles. The lowest BCUT2D eigenvalue weighted by Crippen LogP contribution is -2.15. The second-order valence-electron chi connectivity index (χ2n) is 4.51. The molecule has 1 rings (SSSR count). The summed E-state index contributed by atoms with van der Waals surface area (Å²) < 4.78 is 11.1. The fourth-order valence-electron chi connectivity index (χ4n) is 1.68. The molecule has 0 fully saturated rings. The molecule has 0 bridgehead atoms. The molecule has 114 valence electrons. The van der Waals surface area contributed by atoms with Crippen molar-refractivity contribution in [1.82, 2.24) is 0 Å². The Bertz CT molecular complexity index is 437. The van der Waals surface area contributed by atoms with Gasteiger partial charge in [0.05, 0.1) is 19.1 Å². The highest BCUT2D eigenvalue weighted by atomic mass is 35.5. The third-order valence-corrected chi connectivity index (χ3v) is 2.45. The molecule has 1 atom stereocenters. The van der Waals surface area contributed by atoms with E-state index < -0.39 is 12.0 Å². The average molecular weight is 304 g/mol. The highest BCUT2D eigenvalue weighted by Gasteiger charge is 2.14. The maximum atomic E-state index is 10.7. The van der Waals surface area contributed by atoms with E-state index in [9.17, 15) is 4.79 Å². The fraction of sp³-hybridized carbons (Fsp3) is 0.500. The summed E-state index contributed by atoms with van der Waals surface area (Å²) in [5.41, 5.74) is 6.56. The van der Waals surface area contributed by atoms with E-state index in [1.807, 2.05) is 20.8 Å². The molecule has 5 nitrogen and oxygen atoms in total. The molecule has 0 aliphatic heterocycles. The Kier molecular flexibility index (Phi) is 8.03. The van der Waals surface area contributed by atoms with Crippen molar-refractivity contribution in [3.05, 3.63) is 23.8 Å². The monoisotopic (exact) mass is 303 g/mol. The van der Waals surface area contributed by atoms with Gasteiger partial charge in [0.2, 0.25) is 0 Å². The Morgan fingerprint density at radius 3 is 2.50 bits per heavy atom. The molecule has 0 radical (unpaired) electrons. The third-order valence-electron chi connectivity index (χ3n) is 2.45. The first-order valence-corrected chi connectivity index (χ1v) is 6.34. The standard InChI is InChI=1S/C14H21NO4.ClH/c1-4-18-13-7-10(11(15)8-14(16)17)5-6-12(13)19-9(2)3;/h5-7,9,11H,4,8,15H2,1-3H3,(H,16,17);1H. The maximum absolute atomic E-state index is 10.7. The molecule has 3 N–H and O–H groups in total. The van der Waals surface area contributed by atoms with E-state index in [1.165, 1.54) is 0 Å². The predicted molar refractivity (Wildman–Crippen MR) is 79.8 cm³/mol. The molecule has 1 unspecified atom stereocenters. The van der Waals surface area contributed by atoms with E-state index in [0.717, 1.165) is 5.56 Å². The van der Waals surface area contributed by atoms with Gasteiger partial charge in [-0.3, -0.25) is 4.79 Å². The van der Waals surface area contributed by atoms with E-state index in [2.05, 4.69) is 0 Å². The normalized spacial score (nSPS) is 11.7. The van der Waals surface area contributed by atoms with Crippen LogP contribution in [0.1, 0.15) is 38.8 Å². The lowest BCUT2D eigenvalue weighted by molar-refractivity contribution is -0.137. The van der Waals surface area contributed by atoms with Crippen LogP contribution >= 0.6 is 12.4 Å². The number of ether oxygens (including phenoxy) is 2. The lowest BCUT2D eigenvalue weighted by atomic mass is 10.0. The van der Waals surface area contributed by atoms with Crippen molar-refractivity contribution in [2.45, 2.75) is 39.3 Å². The van der Waals surface area contributed by atoms with Crippen LogP contribution in [0.5, 0.6) is 11.5 Å². The Balaban J connectivity index is 0.00000361. The van der Waals surface area contributed by atoms with Crippen LogP contribution in [-0.4, -0.2) is 23.8 Å². The van der Waals surface area contributed by atoms with Crippen LogP contribution in [0.15, 0.2) is 18.2 Å². The Labute approximate surface area is 125 Å². The van der Waals surface area contributed by atoms with Crippen molar-refractivity contribution < 1.29 is 19.4 Å². The molecule has 0 spiro atoms. The summed E-state index contributed by atoms with van der Waals surface area (Å²) in [6.07, 6.45) is -0.0755. The zero-order valence-electron chi connectivity index (χ0n) is 12.0. The summed E-state index contributed by atoms with van der Waals surface area (Å²) in [7, 11) is 0. The van der Waals surface area contributed by atoms with Gasteiger partial charge in [-0.1, -0.05) is 6.07 Å². The van der Waals surface area contributed by atoms with E-state index in [1.54, 1.807) is 18.2 Å². The average Bonchev–Trinajstić information content (AvgIpc) is 2.30. The number of halogens is 1. The number of hydrogen-bond donors (Lipinski definition) is 2. The van der Waals surface area contributed by atoms with Crippen LogP contribution in [0, 0.1) is 0 Å². The van der Waals surface area contributed by atoms with Gasteiger partial charge in [0.15, 0.2) is 11.5 Å². The molecule has 0 aromatic heterocycles. The molecule has 0 aliphatic carbocycles. The summed E-state index contributed by atoms with van der Waals surface area (Å²) in [5, 5.41) is 8.76. The number of carboxylic acid groups (broad SMARTS) is 1. The van der Waals surface area contributed by atoms with Gasteiger partial charge in [0.1, 0.15) is 0 Å². The van der Waals surface area contributed by atoms with Crippen LogP contribution in [0.4, 0.5) is 0 Å².